The van der Waals surface area contributed by atoms with Gasteiger partial charge in [0, 0.05) is 0 Å². The number of thiazole rings is 1. The van der Waals surface area contributed by atoms with Gasteiger partial charge in [0.15, 0.2) is 3.95 Å². The van der Waals surface area contributed by atoms with Crippen LogP contribution in [0.5, 0.6) is 5.88 Å². The number of nitrogens with zero attached hydrogens (tertiary/aromatic N) is 2. The van der Waals surface area contributed by atoms with Gasteiger partial charge in [0.25, 0.3) is 5.91 Å². The third-order valence-electron chi connectivity index (χ3n) is 1.27. The molecule has 0 saturated heterocycles. The third kappa shape index (κ3) is 3.49. The highest BCUT2D eigenvalue weighted by Gasteiger charge is 2.01. The van der Waals surface area contributed by atoms with Gasteiger partial charge in [-0.2, -0.15) is 10.4 Å². The molecule has 0 aliphatic rings. The Morgan fingerprint density at radius 2 is 2.60 bits per heavy atom. The predicted octanol–water partition coefficient (Wildman–Crippen LogP) is 0.875. The van der Waals surface area contributed by atoms with Gasteiger partial charge in [0.05, 0.1) is 12.3 Å². The highest BCUT2D eigenvalue weighted by Crippen LogP contribution is 2.18. The minimum atomic E-state index is -0.507. The first-order chi connectivity index (χ1) is 7.13. The van der Waals surface area contributed by atoms with Crippen LogP contribution in [0.25, 0.3) is 0 Å². The number of hydrogen-bond acceptors (Lipinski definition) is 6. The number of H-pyrrole nitrogens is 1. The molecule has 0 saturated carbocycles. The van der Waals surface area contributed by atoms with E-state index >= 15 is 0 Å². The second-order valence-electron chi connectivity index (χ2n) is 2.36. The van der Waals surface area contributed by atoms with Gasteiger partial charge in [0.1, 0.15) is 11.3 Å². The molecule has 1 aromatic heterocycles. The van der Waals surface area contributed by atoms with Crippen LogP contribution in [0.1, 0.15) is 11.3 Å². The van der Waals surface area contributed by atoms with Gasteiger partial charge < -0.3 is 10.1 Å². The number of hydrogen-bond donors (Lipinski definition) is 3. The Hall–Kier alpha value is -1.72. The largest absolute Gasteiger partial charge is 0.494 e. The maximum atomic E-state index is 10.8. The lowest BCUT2D eigenvalue weighted by Crippen LogP contribution is -2.15. The summed E-state index contributed by atoms with van der Waals surface area (Å²) < 4.78 is 0.414. The van der Waals surface area contributed by atoms with E-state index in [1.807, 2.05) is 0 Å². The Morgan fingerprint density at radius 1 is 1.87 bits per heavy atom. The standard InChI is InChI=1S/C7H6N4O2S2/c8-2-1-5(12)11-9-3-4-6(13)10-7(14)15-4/h3,13H,1H2,(H,10,14)(H,11,12)/b9-3-. The van der Waals surface area contributed by atoms with E-state index in [1.165, 1.54) is 6.21 Å². The Labute approximate surface area is 93.9 Å². The number of aromatic nitrogens is 1. The summed E-state index contributed by atoms with van der Waals surface area (Å²) in [5.74, 6) is -0.601. The van der Waals surface area contributed by atoms with Crippen LogP contribution in [-0.4, -0.2) is 22.2 Å². The van der Waals surface area contributed by atoms with Gasteiger partial charge in [-0.1, -0.05) is 11.3 Å². The summed E-state index contributed by atoms with van der Waals surface area (Å²) in [4.78, 5) is 13.7. The van der Waals surface area contributed by atoms with Crippen molar-refractivity contribution in [2.75, 3.05) is 0 Å². The highest BCUT2D eigenvalue weighted by atomic mass is 32.1. The zero-order valence-corrected chi connectivity index (χ0v) is 8.98. The normalized spacial score (nSPS) is 10.1. The second kappa shape index (κ2) is 5.23. The van der Waals surface area contributed by atoms with Crippen LogP contribution in [0, 0.1) is 15.3 Å². The zero-order chi connectivity index (χ0) is 11.3. The predicted molar refractivity (Wildman–Crippen MR) is 57.1 cm³/mol. The van der Waals surface area contributed by atoms with E-state index in [0.29, 0.717) is 8.83 Å². The maximum absolute atomic E-state index is 10.8. The number of aromatic amines is 1. The number of carbonyl (C=O) groups excluding carboxylic acids is 1. The van der Waals surface area contributed by atoms with Gasteiger partial charge in [-0.15, -0.1) is 0 Å². The monoisotopic (exact) mass is 242 g/mol. The van der Waals surface area contributed by atoms with Gasteiger partial charge >= 0.3 is 0 Å². The molecule has 1 amide bonds. The smallest absolute Gasteiger partial charge is 0.254 e. The number of aromatic hydroxyl groups is 1. The lowest BCUT2D eigenvalue weighted by molar-refractivity contribution is -0.120. The van der Waals surface area contributed by atoms with Crippen LogP contribution >= 0.6 is 23.6 Å². The van der Waals surface area contributed by atoms with Gasteiger partial charge in [-0.3, -0.25) is 4.79 Å². The Balaban J connectivity index is 2.59. The molecule has 6 nitrogen and oxygen atoms in total. The second-order valence-corrected chi connectivity index (χ2v) is 4.07. The average molecular weight is 242 g/mol. The molecule has 1 aromatic rings. The van der Waals surface area contributed by atoms with Crippen LogP contribution < -0.4 is 5.43 Å². The van der Waals surface area contributed by atoms with Crippen molar-refractivity contribution >= 4 is 35.7 Å². The van der Waals surface area contributed by atoms with E-state index in [4.69, 9.17) is 17.5 Å². The molecule has 78 valence electrons. The molecule has 15 heavy (non-hydrogen) atoms. The summed E-state index contributed by atoms with van der Waals surface area (Å²) in [5.41, 5.74) is 2.12. The lowest BCUT2D eigenvalue weighted by Gasteiger charge is -1.91. The van der Waals surface area contributed by atoms with E-state index in [0.717, 1.165) is 11.3 Å². The summed E-state index contributed by atoms with van der Waals surface area (Å²) >= 11 is 5.90. The number of nitrogens with one attached hydrogen (secondary N) is 2. The number of hydrazone groups is 1. The summed E-state index contributed by atoms with van der Waals surface area (Å²) in [6.07, 6.45) is 0.994. The number of amides is 1. The zero-order valence-electron chi connectivity index (χ0n) is 7.35. The number of nitriles is 1. The van der Waals surface area contributed by atoms with Crippen molar-refractivity contribution in [3.63, 3.8) is 0 Å². The first-order valence-corrected chi connectivity index (χ1v) is 4.97. The summed E-state index contributed by atoms with van der Waals surface area (Å²) in [6.45, 7) is 0. The van der Waals surface area contributed by atoms with Crippen LogP contribution in [0.3, 0.4) is 0 Å². The van der Waals surface area contributed by atoms with Crippen LogP contribution in [0.4, 0.5) is 0 Å². The van der Waals surface area contributed by atoms with Crippen molar-refractivity contribution in [1.29, 1.82) is 5.26 Å². The molecule has 1 heterocycles. The fourth-order valence-electron chi connectivity index (χ4n) is 0.694. The van der Waals surface area contributed by atoms with E-state index in [-0.39, 0.29) is 12.3 Å². The van der Waals surface area contributed by atoms with Crippen molar-refractivity contribution in [2.45, 2.75) is 6.42 Å². The topological polar surface area (TPSA) is 101 Å². The molecule has 0 aromatic carbocycles. The molecule has 1 rings (SSSR count). The van der Waals surface area contributed by atoms with Crippen molar-refractivity contribution in [2.24, 2.45) is 5.10 Å². The summed E-state index contributed by atoms with van der Waals surface area (Å²) in [5, 5.41) is 21.0. The molecule has 8 heteroatoms. The molecule has 3 N–H and O–H groups in total. The first-order valence-electron chi connectivity index (χ1n) is 3.74. The maximum Gasteiger partial charge on any atom is 0.254 e. The minimum Gasteiger partial charge on any atom is -0.494 e. The third-order valence-corrected chi connectivity index (χ3v) is 2.43. The van der Waals surface area contributed by atoms with Gasteiger partial charge in [-0.05, 0) is 12.2 Å². The van der Waals surface area contributed by atoms with Crippen molar-refractivity contribution < 1.29 is 9.90 Å². The Bertz CT molecular complexity index is 482. The van der Waals surface area contributed by atoms with Crippen molar-refractivity contribution in [3.05, 3.63) is 8.83 Å². The van der Waals surface area contributed by atoms with Crippen molar-refractivity contribution in [1.82, 2.24) is 10.4 Å². The average Bonchev–Trinajstić information content (AvgIpc) is 2.46. The quantitative estimate of drug-likeness (QED) is 0.416. The fourth-order valence-corrected chi connectivity index (χ4v) is 1.66. The minimum absolute atomic E-state index is 0.0942. The van der Waals surface area contributed by atoms with Crippen LogP contribution in [-0.2, 0) is 4.79 Å². The summed E-state index contributed by atoms with van der Waals surface area (Å²) in [6, 6.07) is 1.68. The van der Waals surface area contributed by atoms with E-state index in [9.17, 15) is 9.90 Å². The molecule has 0 bridgehead atoms. The molecule has 0 atom stereocenters. The number of rotatable bonds is 3. The van der Waals surface area contributed by atoms with E-state index in [1.54, 1.807) is 6.07 Å². The highest BCUT2D eigenvalue weighted by molar-refractivity contribution is 7.73. The van der Waals surface area contributed by atoms with Gasteiger partial charge in [0.2, 0.25) is 5.88 Å². The lowest BCUT2D eigenvalue weighted by atomic mass is 10.5. The molecule has 0 spiro atoms. The summed E-state index contributed by atoms with van der Waals surface area (Å²) in [7, 11) is 0. The fraction of sp³-hybridized carbons (Fsp3) is 0.143. The Morgan fingerprint density at radius 3 is 3.13 bits per heavy atom. The Kier molecular flexibility index (Phi) is 3.96. The molecule has 0 aliphatic heterocycles. The first kappa shape index (κ1) is 11.4. The molecule has 0 unspecified atom stereocenters. The van der Waals surface area contributed by atoms with Crippen molar-refractivity contribution in [3.8, 4) is 11.9 Å². The van der Waals surface area contributed by atoms with Crippen LogP contribution in [0.15, 0.2) is 5.10 Å². The number of carbonyl (C=O) groups is 1. The van der Waals surface area contributed by atoms with Crippen LogP contribution in [0.2, 0.25) is 0 Å². The SMILES string of the molecule is N#CCC(=O)N/N=C\c1sc(=S)[nH]c1O. The molecular formula is C7H6N4O2S2. The molecule has 0 aliphatic carbocycles. The van der Waals surface area contributed by atoms with Gasteiger partial charge in [-0.25, -0.2) is 5.43 Å². The van der Waals surface area contributed by atoms with E-state index < -0.39 is 5.91 Å². The molecular weight excluding hydrogens is 236 g/mol. The molecule has 0 fully saturated rings. The van der Waals surface area contributed by atoms with E-state index in [2.05, 4.69) is 15.5 Å². The molecule has 0 radical (unpaired) electrons.